The van der Waals surface area contributed by atoms with Gasteiger partial charge < -0.3 is 11.1 Å². The van der Waals surface area contributed by atoms with E-state index in [1.54, 1.807) is 36.4 Å². The molecule has 1 aliphatic rings. The number of nitriles is 1. The van der Waals surface area contributed by atoms with Crippen LogP contribution in [0.25, 0.3) is 0 Å². The predicted octanol–water partition coefficient (Wildman–Crippen LogP) is 1.29. The summed E-state index contributed by atoms with van der Waals surface area (Å²) in [5.41, 5.74) is 7.85. The maximum atomic E-state index is 12.4. The third-order valence-corrected chi connectivity index (χ3v) is 4.06. The first kappa shape index (κ1) is 17.2. The third-order valence-electron chi connectivity index (χ3n) is 4.06. The van der Waals surface area contributed by atoms with Gasteiger partial charge in [0.2, 0.25) is 5.91 Å². The number of para-hydroxylation sites is 1. The first-order valence-electron chi connectivity index (χ1n) is 8.07. The number of amides is 2. The van der Waals surface area contributed by atoms with E-state index in [0.717, 1.165) is 5.56 Å². The SMILES string of the molecule is N#Cc1ccc(CNC(=O)C2=NN(c3ccccc3)[C@@H](C(N)=O)C2)cc1. The molecule has 1 heterocycles. The number of hydrogen-bond acceptors (Lipinski definition) is 5. The number of nitrogens with one attached hydrogen (secondary N) is 1. The second-order valence-electron chi connectivity index (χ2n) is 5.84. The van der Waals surface area contributed by atoms with Crippen LogP contribution in [0.2, 0.25) is 0 Å². The lowest BCUT2D eigenvalue weighted by atomic mass is 10.1. The highest BCUT2D eigenvalue weighted by atomic mass is 16.2. The summed E-state index contributed by atoms with van der Waals surface area (Å²) in [5.74, 6) is -0.883. The van der Waals surface area contributed by atoms with Crippen LogP contribution in [0.5, 0.6) is 0 Å². The van der Waals surface area contributed by atoms with Crippen LogP contribution >= 0.6 is 0 Å². The average Bonchev–Trinajstić information content (AvgIpc) is 3.13. The molecule has 0 saturated carbocycles. The van der Waals surface area contributed by atoms with E-state index in [4.69, 9.17) is 11.0 Å². The first-order chi connectivity index (χ1) is 12.6. The Kier molecular flexibility index (Phi) is 4.94. The van der Waals surface area contributed by atoms with Gasteiger partial charge in [-0.05, 0) is 29.8 Å². The van der Waals surface area contributed by atoms with Crippen LogP contribution < -0.4 is 16.1 Å². The van der Waals surface area contributed by atoms with E-state index in [1.807, 2.05) is 24.3 Å². The second kappa shape index (κ2) is 7.49. The molecule has 0 radical (unpaired) electrons. The topological polar surface area (TPSA) is 112 Å². The van der Waals surface area contributed by atoms with Gasteiger partial charge in [0.25, 0.3) is 5.91 Å². The molecular weight excluding hydrogens is 330 g/mol. The van der Waals surface area contributed by atoms with Crippen LogP contribution in [0, 0.1) is 11.3 Å². The van der Waals surface area contributed by atoms with Gasteiger partial charge in [0.15, 0.2) is 0 Å². The number of nitrogens with zero attached hydrogens (tertiary/aromatic N) is 3. The fourth-order valence-corrected chi connectivity index (χ4v) is 2.67. The minimum atomic E-state index is -0.687. The van der Waals surface area contributed by atoms with E-state index in [9.17, 15) is 9.59 Å². The highest BCUT2D eigenvalue weighted by Crippen LogP contribution is 2.24. The van der Waals surface area contributed by atoms with Crippen molar-refractivity contribution in [1.82, 2.24) is 5.32 Å². The monoisotopic (exact) mass is 347 g/mol. The van der Waals surface area contributed by atoms with Gasteiger partial charge in [-0.3, -0.25) is 14.6 Å². The van der Waals surface area contributed by atoms with Crippen molar-refractivity contribution in [3.05, 3.63) is 65.7 Å². The van der Waals surface area contributed by atoms with Crippen LogP contribution in [0.4, 0.5) is 5.69 Å². The molecule has 0 unspecified atom stereocenters. The lowest BCUT2D eigenvalue weighted by molar-refractivity contribution is -0.119. The van der Waals surface area contributed by atoms with Crippen molar-refractivity contribution in [3.8, 4) is 6.07 Å². The molecule has 0 fully saturated rings. The van der Waals surface area contributed by atoms with Crippen molar-refractivity contribution in [2.75, 3.05) is 5.01 Å². The first-order valence-corrected chi connectivity index (χ1v) is 8.07. The summed E-state index contributed by atoms with van der Waals surface area (Å²) in [6.07, 6.45) is 0.156. The Hall–Kier alpha value is -3.66. The van der Waals surface area contributed by atoms with E-state index in [-0.39, 0.29) is 18.0 Å². The third kappa shape index (κ3) is 3.70. The average molecular weight is 347 g/mol. The van der Waals surface area contributed by atoms with E-state index in [2.05, 4.69) is 10.4 Å². The Morgan fingerprint density at radius 2 is 1.88 bits per heavy atom. The molecule has 2 aromatic rings. The summed E-state index contributed by atoms with van der Waals surface area (Å²) in [6.45, 7) is 0.302. The molecule has 2 amide bonds. The summed E-state index contributed by atoms with van der Waals surface area (Å²) in [7, 11) is 0. The highest BCUT2D eigenvalue weighted by Gasteiger charge is 2.34. The van der Waals surface area contributed by atoms with Gasteiger partial charge >= 0.3 is 0 Å². The molecule has 130 valence electrons. The number of hydrogen-bond donors (Lipinski definition) is 2. The number of benzene rings is 2. The highest BCUT2D eigenvalue weighted by molar-refractivity contribution is 6.40. The molecule has 3 N–H and O–H groups in total. The number of hydrazone groups is 1. The number of carbonyl (C=O) groups is 2. The standard InChI is InChI=1S/C19H17N5O2/c20-11-13-6-8-14(9-7-13)12-22-19(26)16-10-17(18(21)25)24(23-16)15-4-2-1-3-5-15/h1-9,17H,10,12H2,(H2,21,25)(H,22,26)/t17-/m1/s1. The number of anilines is 1. The Labute approximate surface area is 150 Å². The fourth-order valence-electron chi connectivity index (χ4n) is 2.67. The van der Waals surface area contributed by atoms with Gasteiger partial charge in [-0.25, -0.2) is 0 Å². The number of nitrogens with two attached hydrogens (primary N) is 1. The number of primary amides is 1. The van der Waals surface area contributed by atoms with E-state index >= 15 is 0 Å². The van der Waals surface area contributed by atoms with Gasteiger partial charge in [-0.1, -0.05) is 30.3 Å². The van der Waals surface area contributed by atoms with Gasteiger partial charge in [0.1, 0.15) is 11.8 Å². The van der Waals surface area contributed by atoms with Gasteiger partial charge in [-0.2, -0.15) is 10.4 Å². The Morgan fingerprint density at radius 3 is 2.50 bits per heavy atom. The lowest BCUT2D eigenvalue weighted by Gasteiger charge is -2.20. The summed E-state index contributed by atoms with van der Waals surface area (Å²) in [6, 6.07) is 17.4. The number of rotatable bonds is 5. The smallest absolute Gasteiger partial charge is 0.267 e. The number of carbonyl (C=O) groups excluding carboxylic acids is 2. The summed E-state index contributed by atoms with van der Waals surface area (Å²) < 4.78 is 0. The predicted molar refractivity (Wildman–Crippen MR) is 97.0 cm³/mol. The Balaban J connectivity index is 1.70. The maximum Gasteiger partial charge on any atom is 0.267 e. The summed E-state index contributed by atoms with van der Waals surface area (Å²) in [5, 5.41) is 17.4. The van der Waals surface area contributed by atoms with Crippen molar-refractivity contribution in [2.45, 2.75) is 19.0 Å². The molecule has 7 nitrogen and oxygen atoms in total. The largest absolute Gasteiger partial charge is 0.368 e. The quantitative estimate of drug-likeness (QED) is 0.849. The molecule has 1 atom stereocenters. The maximum absolute atomic E-state index is 12.4. The zero-order valence-electron chi connectivity index (χ0n) is 13.9. The molecule has 0 aromatic heterocycles. The van der Waals surface area contributed by atoms with Crippen molar-refractivity contribution in [3.63, 3.8) is 0 Å². The van der Waals surface area contributed by atoms with E-state index < -0.39 is 11.9 Å². The Bertz CT molecular complexity index is 884. The van der Waals surface area contributed by atoms with Gasteiger partial charge in [0, 0.05) is 13.0 Å². The molecule has 1 aliphatic heterocycles. The van der Waals surface area contributed by atoms with Crippen molar-refractivity contribution in [1.29, 1.82) is 5.26 Å². The zero-order valence-corrected chi connectivity index (χ0v) is 13.9. The minimum Gasteiger partial charge on any atom is -0.368 e. The zero-order chi connectivity index (χ0) is 18.5. The molecule has 0 saturated heterocycles. The molecule has 0 aliphatic carbocycles. The molecule has 2 aromatic carbocycles. The lowest BCUT2D eigenvalue weighted by Crippen LogP contribution is -2.39. The van der Waals surface area contributed by atoms with Crippen LogP contribution in [-0.4, -0.2) is 23.6 Å². The molecule has 0 spiro atoms. The molecule has 26 heavy (non-hydrogen) atoms. The van der Waals surface area contributed by atoms with Crippen molar-refractivity contribution >= 4 is 23.2 Å². The molecule has 3 rings (SSSR count). The van der Waals surface area contributed by atoms with Crippen LogP contribution in [0.1, 0.15) is 17.5 Å². The van der Waals surface area contributed by atoms with Crippen molar-refractivity contribution in [2.24, 2.45) is 10.8 Å². The summed E-state index contributed by atoms with van der Waals surface area (Å²) >= 11 is 0. The molecule has 0 bridgehead atoms. The summed E-state index contributed by atoms with van der Waals surface area (Å²) in [4.78, 5) is 24.2. The van der Waals surface area contributed by atoms with Crippen LogP contribution in [0.15, 0.2) is 59.7 Å². The van der Waals surface area contributed by atoms with E-state index in [1.165, 1.54) is 5.01 Å². The fraction of sp³-hybridized carbons (Fsp3) is 0.158. The second-order valence-corrected chi connectivity index (χ2v) is 5.84. The normalized spacial score (nSPS) is 15.9. The Morgan fingerprint density at radius 1 is 1.19 bits per heavy atom. The van der Waals surface area contributed by atoms with Crippen LogP contribution in [0.3, 0.4) is 0 Å². The van der Waals surface area contributed by atoms with E-state index in [0.29, 0.717) is 17.8 Å². The van der Waals surface area contributed by atoms with Gasteiger partial charge in [0.05, 0.1) is 17.3 Å². The van der Waals surface area contributed by atoms with Gasteiger partial charge in [-0.15, -0.1) is 0 Å². The van der Waals surface area contributed by atoms with Crippen LogP contribution in [-0.2, 0) is 16.1 Å². The molecule has 7 heteroatoms. The minimum absolute atomic E-state index is 0.156. The van der Waals surface area contributed by atoms with Crippen molar-refractivity contribution < 1.29 is 9.59 Å². The molecular formula is C19H17N5O2.